The van der Waals surface area contributed by atoms with Gasteiger partial charge in [0.05, 0.1) is 10.1 Å². The van der Waals surface area contributed by atoms with Gasteiger partial charge in [0.25, 0.3) is 0 Å². The molecule has 100 valence electrons. The highest BCUT2D eigenvalue weighted by Gasteiger charge is 2.15. The van der Waals surface area contributed by atoms with Crippen molar-refractivity contribution >= 4 is 52.1 Å². The second kappa shape index (κ2) is 6.31. The van der Waals surface area contributed by atoms with E-state index >= 15 is 0 Å². The Morgan fingerprint density at radius 1 is 1.26 bits per heavy atom. The highest BCUT2D eigenvalue weighted by Crippen LogP contribution is 2.33. The Hall–Kier alpha value is -0.480. The molecule has 0 unspecified atom stereocenters. The molecule has 0 fully saturated rings. The molecule has 0 atom stereocenters. The Bertz CT molecular complexity index is 600. The van der Waals surface area contributed by atoms with E-state index in [1.165, 1.54) is 22.5 Å². The SMILES string of the molecule is Cc1cccc(C)c1SCC(=O)c1cc(Cl)sc1Cl. The minimum atomic E-state index is 0.0146. The average Bonchev–Trinajstić information content (AvgIpc) is 2.67. The van der Waals surface area contributed by atoms with Gasteiger partial charge in [-0.05, 0) is 31.0 Å². The maximum absolute atomic E-state index is 12.1. The molecule has 0 radical (unpaired) electrons. The van der Waals surface area contributed by atoms with Crippen LogP contribution in [0.1, 0.15) is 21.5 Å². The Morgan fingerprint density at radius 2 is 1.89 bits per heavy atom. The second-order valence-corrected chi connectivity index (χ2v) is 7.44. The molecule has 1 aromatic heterocycles. The number of aryl methyl sites for hydroxylation is 2. The largest absolute Gasteiger partial charge is 0.293 e. The van der Waals surface area contributed by atoms with Gasteiger partial charge in [-0.3, -0.25) is 4.79 Å². The van der Waals surface area contributed by atoms with Crippen LogP contribution in [0, 0.1) is 13.8 Å². The van der Waals surface area contributed by atoms with Crippen molar-refractivity contribution in [1.29, 1.82) is 0 Å². The van der Waals surface area contributed by atoms with Crippen LogP contribution < -0.4 is 0 Å². The predicted octanol–water partition coefficient (Wildman–Crippen LogP) is 5.65. The van der Waals surface area contributed by atoms with Gasteiger partial charge in [0.1, 0.15) is 4.34 Å². The lowest BCUT2D eigenvalue weighted by Crippen LogP contribution is -2.02. The highest BCUT2D eigenvalue weighted by molar-refractivity contribution is 8.00. The lowest BCUT2D eigenvalue weighted by atomic mass is 10.2. The summed E-state index contributed by atoms with van der Waals surface area (Å²) in [5.74, 6) is 0.388. The Balaban J connectivity index is 2.11. The van der Waals surface area contributed by atoms with E-state index in [4.69, 9.17) is 23.2 Å². The molecule has 0 aliphatic carbocycles. The van der Waals surface area contributed by atoms with Crippen molar-refractivity contribution < 1.29 is 4.79 Å². The van der Waals surface area contributed by atoms with Crippen LogP contribution in [-0.4, -0.2) is 11.5 Å². The molecule has 0 saturated carbocycles. The zero-order valence-corrected chi connectivity index (χ0v) is 13.6. The molecule has 1 aromatic carbocycles. The molecule has 2 aromatic rings. The molecule has 0 aliphatic heterocycles. The molecular weight excluding hydrogens is 319 g/mol. The molecule has 0 bridgehead atoms. The molecule has 1 heterocycles. The van der Waals surface area contributed by atoms with Gasteiger partial charge in [0, 0.05) is 10.5 Å². The number of carbonyl (C=O) groups excluding carboxylic acids is 1. The van der Waals surface area contributed by atoms with Gasteiger partial charge in [0.15, 0.2) is 5.78 Å². The first kappa shape index (κ1) is 14.9. The number of hydrogen-bond donors (Lipinski definition) is 0. The molecule has 0 N–H and O–H groups in total. The summed E-state index contributed by atoms with van der Waals surface area (Å²) in [6.07, 6.45) is 0. The van der Waals surface area contributed by atoms with E-state index < -0.39 is 0 Å². The maximum Gasteiger partial charge on any atom is 0.175 e. The minimum Gasteiger partial charge on any atom is -0.293 e. The number of Topliss-reactive ketones (excluding diaryl/α,β-unsaturated/α-hetero) is 1. The molecular formula is C14H12Cl2OS2. The average molecular weight is 331 g/mol. The first-order chi connectivity index (χ1) is 8.99. The van der Waals surface area contributed by atoms with E-state index in [0.717, 1.165) is 4.90 Å². The van der Waals surface area contributed by atoms with Crippen molar-refractivity contribution in [2.24, 2.45) is 0 Å². The minimum absolute atomic E-state index is 0.0146. The van der Waals surface area contributed by atoms with Gasteiger partial charge in [-0.15, -0.1) is 23.1 Å². The first-order valence-corrected chi connectivity index (χ1v) is 8.22. The van der Waals surface area contributed by atoms with Crippen LogP contribution >= 0.6 is 46.3 Å². The van der Waals surface area contributed by atoms with Crippen LogP contribution in [0.5, 0.6) is 0 Å². The number of hydrogen-bond acceptors (Lipinski definition) is 3. The fourth-order valence-electron chi connectivity index (χ4n) is 1.77. The summed E-state index contributed by atoms with van der Waals surface area (Å²) in [5, 5.41) is 0. The Morgan fingerprint density at radius 3 is 2.42 bits per heavy atom. The topological polar surface area (TPSA) is 17.1 Å². The number of thioether (sulfide) groups is 1. The van der Waals surface area contributed by atoms with Crippen LogP contribution in [-0.2, 0) is 0 Å². The Kier molecular flexibility index (Phi) is 4.96. The molecule has 5 heteroatoms. The summed E-state index contributed by atoms with van der Waals surface area (Å²) in [7, 11) is 0. The molecule has 0 saturated heterocycles. The molecule has 0 spiro atoms. The number of benzene rings is 1. The monoisotopic (exact) mass is 330 g/mol. The normalized spacial score (nSPS) is 10.7. The van der Waals surface area contributed by atoms with E-state index in [0.29, 0.717) is 20.0 Å². The van der Waals surface area contributed by atoms with E-state index in [9.17, 15) is 4.79 Å². The maximum atomic E-state index is 12.1. The number of ketones is 1. The summed E-state index contributed by atoms with van der Waals surface area (Å²) in [6, 6.07) is 7.76. The molecule has 19 heavy (non-hydrogen) atoms. The summed E-state index contributed by atoms with van der Waals surface area (Å²) in [4.78, 5) is 13.3. The van der Waals surface area contributed by atoms with Crippen LogP contribution in [0.3, 0.4) is 0 Å². The summed E-state index contributed by atoms with van der Waals surface area (Å²) >= 11 is 14.6. The second-order valence-electron chi connectivity index (χ2n) is 4.17. The van der Waals surface area contributed by atoms with E-state index in [2.05, 4.69) is 0 Å². The van der Waals surface area contributed by atoms with Gasteiger partial charge in [-0.1, -0.05) is 41.4 Å². The standard InChI is InChI=1S/C14H12Cl2OS2/c1-8-4-3-5-9(2)13(8)18-7-11(17)10-6-12(15)19-14(10)16/h3-6H,7H2,1-2H3. The highest BCUT2D eigenvalue weighted by atomic mass is 35.5. The lowest BCUT2D eigenvalue weighted by molar-refractivity contribution is 0.102. The van der Waals surface area contributed by atoms with Gasteiger partial charge >= 0.3 is 0 Å². The zero-order valence-electron chi connectivity index (χ0n) is 10.5. The molecule has 0 amide bonds. The van der Waals surface area contributed by atoms with Crippen LogP contribution in [0.15, 0.2) is 29.2 Å². The zero-order chi connectivity index (χ0) is 14.0. The van der Waals surface area contributed by atoms with Gasteiger partial charge in [-0.25, -0.2) is 0 Å². The predicted molar refractivity (Wildman–Crippen MR) is 85.3 cm³/mol. The quantitative estimate of drug-likeness (QED) is 0.532. The van der Waals surface area contributed by atoms with Gasteiger partial charge in [0.2, 0.25) is 0 Å². The third-order valence-electron chi connectivity index (χ3n) is 2.71. The van der Waals surface area contributed by atoms with Crippen molar-refractivity contribution in [3.8, 4) is 0 Å². The van der Waals surface area contributed by atoms with E-state index in [-0.39, 0.29) is 5.78 Å². The van der Waals surface area contributed by atoms with Crippen molar-refractivity contribution in [2.45, 2.75) is 18.7 Å². The fourth-order valence-corrected chi connectivity index (χ4v) is 4.29. The summed E-state index contributed by atoms with van der Waals surface area (Å²) in [5.41, 5.74) is 2.90. The molecule has 0 aliphatic rings. The lowest BCUT2D eigenvalue weighted by Gasteiger charge is -2.08. The molecule has 2 rings (SSSR count). The third kappa shape index (κ3) is 3.54. The van der Waals surface area contributed by atoms with Crippen LogP contribution in [0.2, 0.25) is 8.67 Å². The van der Waals surface area contributed by atoms with Crippen molar-refractivity contribution in [3.63, 3.8) is 0 Å². The molecule has 1 nitrogen and oxygen atoms in total. The van der Waals surface area contributed by atoms with E-state index in [1.807, 2.05) is 32.0 Å². The number of thiophene rings is 1. The van der Waals surface area contributed by atoms with Crippen LogP contribution in [0.4, 0.5) is 0 Å². The third-order valence-corrected chi connectivity index (χ3v) is 5.54. The van der Waals surface area contributed by atoms with Gasteiger partial charge < -0.3 is 0 Å². The van der Waals surface area contributed by atoms with Crippen molar-refractivity contribution in [1.82, 2.24) is 0 Å². The van der Waals surface area contributed by atoms with Crippen molar-refractivity contribution in [2.75, 3.05) is 5.75 Å². The van der Waals surface area contributed by atoms with Crippen LogP contribution in [0.25, 0.3) is 0 Å². The summed E-state index contributed by atoms with van der Waals surface area (Å²) in [6.45, 7) is 4.10. The summed E-state index contributed by atoms with van der Waals surface area (Å²) < 4.78 is 1.02. The first-order valence-electron chi connectivity index (χ1n) is 5.66. The number of carbonyl (C=O) groups is 1. The Labute approximate surface area is 130 Å². The number of rotatable bonds is 4. The van der Waals surface area contributed by atoms with Crippen molar-refractivity contribution in [3.05, 3.63) is 49.6 Å². The fraction of sp³-hybridized carbons (Fsp3) is 0.214. The van der Waals surface area contributed by atoms with Gasteiger partial charge in [-0.2, -0.15) is 0 Å². The van der Waals surface area contributed by atoms with E-state index in [1.54, 1.807) is 17.8 Å². The smallest absolute Gasteiger partial charge is 0.175 e. The number of halogens is 2.